The summed E-state index contributed by atoms with van der Waals surface area (Å²) >= 11 is 0. The van der Waals surface area contributed by atoms with E-state index in [1.54, 1.807) is 32.0 Å². The molecular weight excluding hydrogens is 411 g/mol. The molecule has 0 aliphatic rings. The first kappa shape index (κ1) is 24.2. The second kappa shape index (κ2) is 10.3. The molecule has 0 aliphatic carbocycles. The Labute approximate surface area is 179 Å². The van der Waals surface area contributed by atoms with E-state index < -0.39 is 17.7 Å². The summed E-state index contributed by atoms with van der Waals surface area (Å²) in [6.45, 7) is 5.46. The predicted molar refractivity (Wildman–Crippen MR) is 111 cm³/mol. The Hall–Kier alpha value is -3.03. The molecule has 0 fully saturated rings. The van der Waals surface area contributed by atoms with Crippen LogP contribution in [0.1, 0.15) is 37.5 Å². The molecule has 0 aromatic heterocycles. The highest BCUT2D eigenvalue weighted by molar-refractivity contribution is 5.78. The molecule has 0 aliphatic heterocycles. The van der Waals surface area contributed by atoms with Crippen LogP contribution in [0.25, 0.3) is 11.1 Å². The van der Waals surface area contributed by atoms with E-state index >= 15 is 0 Å². The van der Waals surface area contributed by atoms with Crippen molar-refractivity contribution in [3.63, 3.8) is 0 Å². The second-order valence-electron chi connectivity index (χ2n) is 6.92. The second-order valence-corrected chi connectivity index (χ2v) is 6.92. The van der Waals surface area contributed by atoms with E-state index in [-0.39, 0.29) is 25.5 Å². The van der Waals surface area contributed by atoms with Crippen LogP contribution < -0.4 is 4.74 Å². The first-order chi connectivity index (χ1) is 14.6. The topological polar surface area (TPSA) is 55.8 Å². The molecule has 0 spiro atoms. The maximum atomic E-state index is 13.3. The summed E-state index contributed by atoms with van der Waals surface area (Å²) in [4.78, 5) is 25.2. The summed E-state index contributed by atoms with van der Waals surface area (Å²) in [6.07, 6.45) is -4.49. The summed E-state index contributed by atoms with van der Waals surface area (Å²) < 4.78 is 50.4. The van der Waals surface area contributed by atoms with E-state index in [9.17, 15) is 22.8 Å². The number of alkyl halides is 3. The van der Waals surface area contributed by atoms with Crippen molar-refractivity contribution in [3.05, 3.63) is 53.1 Å². The minimum atomic E-state index is -4.52. The number of hydrogen-bond acceptors (Lipinski definition) is 4. The number of amides is 1. The summed E-state index contributed by atoms with van der Waals surface area (Å²) in [7, 11) is 1.46. The average Bonchev–Trinajstić information content (AvgIpc) is 2.71. The molecule has 8 heteroatoms. The molecule has 0 atom stereocenters. The Morgan fingerprint density at radius 3 is 2.29 bits per heavy atom. The maximum absolute atomic E-state index is 13.3. The van der Waals surface area contributed by atoms with E-state index in [2.05, 4.69) is 0 Å². The van der Waals surface area contributed by atoms with E-state index in [0.717, 1.165) is 12.1 Å². The number of nitrogens with zero attached hydrogens (tertiary/aromatic N) is 1. The molecule has 2 aromatic carbocycles. The SMILES string of the molecule is CCOC(=O)Cc1ccc(OC)c(-c2ccc(C(F)(F)F)cc2CN(CC)C(C)=O)c1. The van der Waals surface area contributed by atoms with Crippen LogP contribution in [0, 0.1) is 0 Å². The fraction of sp³-hybridized carbons (Fsp3) is 0.391. The van der Waals surface area contributed by atoms with Crippen LogP contribution >= 0.6 is 0 Å². The zero-order chi connectivity index (χ0) is 23.2. The van der Waals surface area contributed by atoms with Crippen molar-refractivity contribution in [3.8, 4) is 16.9 Å². The van der Waals surface area contributed by atoms with Gasteiger partial charge in [0.15, 0.2) is 0 Å². The maximum Gasteiger partial charge on any atom is 0.416 e. The number of carbonyl (C=O) groups excluding carboxylic acids is 2. The van der Waals surface area contributed by atoms with E-state index in [1.807, 2.05) is 0 Å². The van der Waals surface area contributed by atoms with Crippen molar-refractivity contribution in [2.45, 2.75) is 39.9 Å². The number of esters is 1. The Morgan fingerprint density at radius 2 is 1.74 bits per heavy atom. The van der Waals surface area contributed by atoms with Gasteiger partial charge >= 0.3 is 12.1 Å². The molecule has 0 bridgehead atoms. The van der Waals surface area contributed by atoms with Crippen molar-refractivity contribution in [2.24, 2.45) is 0 Å². The minimum absolute atomic E-state index is 0.0103. The number of hydrogen-bond donors (Lipinski definition) is 0. The van der Waals surface area contributed by atoms with E-state index in [0.29, 0.717) is 34.5 Å². The Kier molecular flexibility index (Phi) is 8.08. The van der Waals surface area contributed by atoms with Gasteiger partial charge in [-0.2, -0.15) is 13.2 Å². The van der Waals surface area contributed by atoms with Crippen LogP contribution in [-0.4, -0.2) is 37.0 Å². The summed E-state index contributed by atoms with van der Waals surface area (Å²) in [6, 6.07) is 8.49. The Balaban J connectivity index is 2.61. The smallest absolute Gasteiger partial charge is 0.416 e. The molecule has 5 nitrogen and oxygen atoms in total. The monoisotopic (exact) mass is 437 g/mol. The summed E-state index contributed by atoms with van der Waals surface area (Å²) in [5.41, 5.74) is 1.20. The third-order valence-electron chi connectivity index (χ3n) is 4.83. The normalized spacial score (nSPS) is 11.2. The van der Waals surface area contributed by atoms with Gasteiger partial charge in [0.05, 0.1) is 25.7 Å². The lowest BCUT2D eigenvalue weighted by atomic mass is 9.94. The van der Waals surface area contributed by atoms with Crippen molar-refractivity contribution in [1.29, 1.82) is 0 Å². The van der Waals surface area contributed by atoms with Crippen molar-refractivity contribution >= 4 is 11.9 Å². The zero-order valence-corrected chi connectivity index (χ0v) is 18.0. The van der Waals surface area contributed by atoms with Crippen LogP contribution in [0.15, 0.2) is 36.4 Å². The van der Waals surface area contributed by atoms with Crippen LogP contribution in [-0.2, 0) is 33.5 Å². The number of ether oxygens (including phenoxy) is 2. The van der Waals surface area contributed by atoms with Gasteiger partial charge in [-0.3, -0.25) is 9.59 Å². The molecule has 0 saturated carbocycles. The van der Waals surface area contributed by atoms with Crippen LogP contribution in [0.3, 0.4) is 0 Å². The number of benzene rings is 2. The summed E-state index contributed by atoms with van der Waals surface area (Å²) in [5.74, 6) is -0.201. The highest BCUT2D eigenvalue weighted by Gasteiger charge is 2.31. The first-order valence-corrected chi connectivity index (χ1v) is 9.89. The van der Waals surface area contributed by atoms with Gasteiger partial charge in [-0.25, -0.2) is 0 Å². The van der Waals surface area contributed by atoms with Crippen molar-refractivity contribution in [2.75, 3.05) is 20.3 Å². The van der Waals surface area contributed by atoms with E-state index in [4.69, 9.17) is 9.47 Å². The zero-order valence-electron chi connectivity index (χ0n) is 18.0. The van der Waals surface area contributed by atoms with Crippen LogP contribution in [0.2, 0.25) is 0 Å². The van der Waals surface area contributed by atoms with Crippen LogP contribution in [0.4, 0.5) is 13.2 Å². The fourth-order valence-electron chi connectivity index (χ4n) is 3.27. The molecule has 2 aromatic rings. The Morgan fingerprint density at radius 1 is 1.03 bits per heavy atom. The van der Waals surface area contributed by atoms with Gasteiger partial charge in [0, 0.05) is 25.6 Å². The minimum Gasteiger partial charge on any atom is -0.496 e. The van der Waals surface area contributed by atoms with Gasteiger partial charge in [-0.1, -0.05) is 12.1 Å². The van der Waals surface area contributed by atoms with E-state index in [1.165, 1.54) is 25.0 Å². The lowest BCUT2D eigenvalue weighted by Gasteiger charge is -2.23. The number of carbonyl (C=O) groups is 2. The molecular formula is C23H26F3NO4. The highest BCUT2D eigenvalue weighted by Crippen LogP contribution is 2.38. The lowest BCUT2D eigenvalue weighted by Crippen LogP contribution is -2.28. The fourth-order valence-corrected chi connectivity index (χ4v) is 3.27. The molecule has 31 heavy (non-hydrogen) atoms. The molecule has 0 unspecified atom stereocenters. The lowest BCUT2D eigenvalue weighted by molar-refractivity contribution is -0.142. The highest BCUT2D eigenvalue weighted by atomic mass is 19.4. The molecule has 1 amide bonds. The molecule has 168 valence electrons. The molecule has 0 heterocycles. The quantitative estimate of drug-likeness (QED) is 0.554. The van der Waals surface area contributed by atoms with Gasteiger partial charge in [-0.05, 0) is 54.8 Å². The molecule has 0 N–H and O–H groups in total. The standard InChI is InChI=1S/C23H26F3NO4/c1-5-27(15(3)28)14-17-13-18(23(24,25)26)8-9-19(17)20-11-16(7-10-21(20)30-4)12-22(29)31-6-2/h7-11,13H,5-6,12,14H2,1-4H3. The molecule has 2 rings (SSSR count). The molecule has 0 radical (unpaired) electrons. The van der Waals surface area contributed by atoms with Crippen molar-refractivity contribution < 1.29 is 32.2 Å². The van der Waals surface area contributed by atoms with Gasteiger partial charge in [0.1, 0.15) is 5.75 Å². The number of rotatable bonds is 8. The van der Waals surface area contributed by atoms with Gasteiger partial charge < -0.3 is 14.4 Å². The largest absolute Gasteiger partial charge is 0.496 e. The number of halogens is 3. The average molecular weight is 437 g/mol. The van der Waals surface area contributed by atoms with Gasteiger partial charge in [-0.15, -0.1) is 0 Å². The van der Waals surface area contributed by atoms with Gasteiger partial charge in [0.25, 0.3) is 0 Å². The third-order valence-corrected chi connectivity index (χ3v) is 4.83. The van der Waals surface area contributed by atoms with Crippen molar-refractivity contribution in [1.82, 2.24) is 4.90 Å². The predicted octanol–water partition coefficient (Wildman–Crippen LogP) is 4.86. The Bertz CT molecular complexity index is 941. The van der Waals surface area contributed by atoms with Gasteiger partial charge in [0.2, 0.25) is 5.91 Å². The first-order valence-electron chi connectivity index (χ1n) is 9.89. The van der Waals surface area contributed by atoms with Crippen LogP contribution in [0.5, 0.6) is 5.75 Å². The third kappa shape index (κ3) is 6.23. The number of methoxy groups -OCH3 is 1. The molecule has 0 saturated heterocycles. The summed E-state index contributed by atoms with van der Waals surface area (Å²) in [5, 5.41) is 0.